The molecular formula is C23H33NO5. The molecule has 0 aromatic heterocycles. The normalized spacial score (nSPS) is 22.6. The van der Waals surface area contributed by atoms with Crippen LogP contribution in [-0.4, -0.2) is 45.9 Å². The summed E-state index contributed by atoms with van der Waals surface area (Å²) in [5.41, 5.74) is -1.24. The molecule has 6 nitrogen and oxygen atoms in total. The number of ketones is 2. The highest BCUT2D eigenvalue weighted by Gasteiger charge is 2.38. The van der Waals surface area contributed by atoms with Crippen molar-refractivity contribution in [1.82, 2.24) is 5.32 Å². The van der Waals surface area contributed by atoms with Gasteiger partial charge in [-0.05, 0) is 38.5 Å². The van der Waals surface area contributed by atoms with Gasteiger partial charge in [-0.25, -0.2) is 0 Å². The number of hydrogen-bond acceptors (Lipinski definition) is 5. The number of aliphatic hydroxyl groups is 2. The molecule has 1 aromatic rings. The first-order chi connectivity index (χ1) is 13.7. The first-order valence-electron chi connectivity index (χ1n) is 10.4. The molecule has 0 bridgehead atoms. The van der Waals surface area contributed by atoms with Gasteiger partial charge < -0.3 is 15.5 Å². The number of nitrogens with one attached hydrogen (secondary N) is 1. The van der Waals surface area contributed by atoms with Gasteiger partial charge >= 0.3 is 0 Å². The Kier molecular flexibility index (Phi) is 8.11. The van der Waals surface area contributed by atoms with E-state index < -0.39 is 24.0 Å². The Morgan fingerprint density at radius 1 is 1.14 bits per heavy atom. The van der Waals surface area contributed by atoms with E-state index in [2.05, 4.69) is 5.32 Å². The zero-order valence-electron chi connectivity index (χ0n) is 17.6. The molecule has 3 N–H and O–H groups in total. The molecule has 2 rings (SSSR count). The van der Waals surface area contributed by atoms with Gasteiger partial charge in [0, 0.05) is 17.4 Å². The largest absolute Gasteiger partial charge is 0.393 e. The molecule has 29 heavy (non-hydrogen) atoms. The van der Waals surface area contributed by atoms with Gasteiger partial charge in [0.25, 0.3) is 0 Å². The molecule has 4 unspecified atom stereocenters. The SMILES string of the molecule is CC(C)CC(NC(=O)C1CCCC(C(=O)c2ccccc2)C1)C(=O)C(C)(O)CO. The fraction of sp³-hybridized carbons (Fsp3) is 0.609. The molecular weight excluding hydrogens is 370 g/mol. The Labute approximate surface area is 172 Å². The minimum atomic E-state index is -1.90. The van der Waals surface area contributed by atoms with Crippen LogP contribution in [0.4, 0.5) is 0 Å². The van der Waals surface area contributed by atoms with Crippen molar-refractivity contribution >= 4 is 17.5 Å². The average molecular weight is 404 g/mol. The van der Waals surface area contributed by atoms with Crippen molar-refractivity contribution in [2.75, 3.05) is 6.61 Å². The van der Waals surface area contributed by atoms with Gasteiger partial charge in [0.1, 0.15) is 5.60 Å². The highest BCUT2D eigenvalue weighted by molar-refractivity contribution is 5.98. The number of carbonyl (C=O) groups is 3. The van der Waals surface area contributed by atoms with Crippen molar-refractivity contribution in [3.63, 3.8) is 0 Å². The maximum Gasteiger partial charge on any atom is 0.223 e. The lowest BCUT2D eigenvalue weighted by Gasteiger charge is -2.31. The van der Waals surface area contributed by atoms with Crippen molar-refractivity contribution in [3.05, 3.63) is 35.9 Å². The summed E-state index contributed by atoms with van der Waals surface area (Å²) in [5.74, 6) is -1.22. The third-order valence-electron chi connectivity index (χ3n) is 5.65. The van der Waals surface area contributed by atoms with Crippen molar-refractivity contribution in [1.29, 1.82) is 0 Å². The third kappa shape index (κ3) is 6.21. The second-order valence-corrected chi connectivity index (χ2v) is 8.78. The Morgan fingerprint density at radius 3 is 2.34 bits per heavy atom. The summed E-state index contributed by atoms with van der Waals surface area (Å²) in [6, 6.07) is 8.24. The molecule has 1 aliphatic rings. The fourth-order valence-electron chi connectivity index (χ4n) is 3.95. The number of hydrogen-bond donors (Lipinski definition) is 3. The van der Waals surface area contributed by atoms with E-state index in [0.29, 0.717) is 24.8 Å². The first-order valence-corrected chi connectivity index (χ1v) is 10.4. The predicted octanol–water partition coefficient (Wildman–Crippen LogP) is 2.52. The lowest BCUT2D eigenvalue weighted by Crippen LogP contribution is -2.54. The van der Waals surface area contributed by atoms with E-state index in [0.717, 1.165) is 12.8 Å². The highest BCUT2D eigenvalue weighted by atomic mass is 16.3. The topological polar surface area (TPSA) is 104 Å². The number of benzene rings is 1. The van der Waals surface area contributed by atoms with Gasteiger partial charge in [-0.15, -0.1) is 0 Å². The summed E-state index contributed by atoms with van der Waals surface area (Å²) < 4.78 is 0. The van der Waals surface area contributed by atoms with Crippen LogP contribution in [0.3, 0.4) is 0 Å². The zero-order chi connectivity index (χ0) is 21.6. The number of amides is 1. The second kappa shape index (κ2) is 10.1. The van der Waals surface area contributed by atoms with E-state index in [1.54, 1.807) is 12.1 Å². The van der Waals surface area contributed by atoms with E-state index in [4.69, 9.17) is 0 Å². The van der Waals surface area contributed by atoms with Crippen LogP contribution in [0.5, 0.6) is 0 Å². The highest BCUT2D eigenvalue weighted by Crippen LogP contribution is 2.32. The third-order valence-corrected chi connectivity index (χ3v) is 5.65. The molecule has 1 saturated carbocycles. The van der Waals surface area contributed by atoms with Crippen LogP contribution < -0.4 is 5.32 Å². The standard InChI is InChI=1S/C23H33NO5/c1-15(2)12-19(21(27)23(3,29)14-25)24-22(28)18-11-7-10-17(13-18)20(26)16-8-5-4-6-9-16/h4-6,8-9,15,17-19,25,29H,7,10-14H2,1-3H3,(H,24,28). The summed E-state index contributed by atoms with van der Waals surface area (Å²) in [4.78, 5) is 38.3. The van der Waals surface area contributed by atoms with E-state index in [9.17, 15) is 24.6 Å². The zero-order valence-corrected chi connectivity index (χ0v) is 17.6. The Bertz CT molecular complexity index is 713. The number of Topliss-reactive ketones (excluding diaryl/α,β-unsaturated/α-hetero) is 2. The number of carbonyl (C=O) groups excluding carboxylic acids is 3. The van der Waals surface area contributed by atoms with Crippen molar-refractivity contribution in [2.45, 2.75) is 64.5 Å². The Morgan fingerprint density at radius 2 is 1.76 bits per heavy atom. The van der Waals surface area contributed by atoms with Crippen LogP contribution in [-0.2, 0) is 9.59 Å². The van der Waals surface area contributed by atoms with Crippen LogP contribution in [0.25, 0.3) is 0 Å². The van der Waals surface area contributed by atoms with Gasteiger partial charge in [0.05, 0.1) is 12.6 Å². The molecule has 6 heteroatoms. The van der Waals surface area contributed by atoms with E-state index in [1.165, 1.54) is 6.92 Å². The van der Waals surface area contributed by atoms with Gasteiger partial charge in [-0.3, -0.25) is 14.4 Å². The molecule has 0 aliphatic heterocycles. The maximum atomic E-state index is 12.9. The second-order valence-electron chi connectivity index (χ2n) is 8.78. The van der Waals surface area contributed by atoms with Gasteiger partial charge in [-0.2, -0.15) is 0 Å². The lowest BCUT2D eigenvalue weighted by atomic mass is 9.77. The molecule has 0 radical (unpaired) electrons. The monoisotopic (exact) mass is 403 g/mol. The number of aliphatic hydroxyl groups excluding tert-OH is 1. The van der Waals surface area contributed by atoms with Gasteiger partial charge in [-0.1, -0.05) is 50.6 Å². The average Bonchev–Trinajstić information content (AvgIpc) is 2.72. The van der Waals surface area contributed by atoms with Crippen LogP contribution in [0.2, 0.25) is 0 Å². The van der Waals surface area contributed by atoms with Crippen LogP contribution in [0, 0.1) is 17.8 Å². The quantitative estimate of drug-likeness (QED) is 0.550. The molecule has 0 spiro atoms. The van der Waals surface area contributed by atoms with Gasteiger partial charge in [0.15, 0.2) is 11.6 Å². The summed E-state index contributed by atoms with van der Waals surface area (Å²) in [7, 11) is 0. The predicted molar refractivity (Wildman–Crippen MR) is 110 cm³/mol. The summed E-state index contributed by atoms with van der Waals surface area (Å²) in [6.07, 6.45) is 3.03. The fourth-order valence-corrected chi connectivity index (χ4v) is 3.95. The van der Waals surface area contributed by atoms with Crippen LogP contribution in [0.1, 0.15) is 63.2 Å². The molecule has 1 aliphatic carbocycles. The summed E-state index contributed by atoms with van der Waals surface area (Å²) >= 11 is 0. The first kappa shape index (κ1) is 23.2. The summed E-state index contributed by atoms with van der Waals surface area (Å²) in [6.45, 7) is 4.40. The molecule has 4 atom stereocenters. The van der Waals surface area contributed by atoms with Gasteiger partial charge in [0.2, 0.25) is 5.91 Å². The molecule has 1 aromatic carbocycles. The minimum Gasteiger partial charge on any atom is -0.393 e. The summed E-state index contributed by atoms with van der Waals surface area (Å²) in [5, 5.41) is 22.2. The molecule has 0 heterocycles. The van der Waals surface area contributed by atoms with E-state index >= 15 is 0 Å². The van der Waals surface area contributed by atoms with Crippen molar-refractivity contribution in [2.24, 2.45) is 17.8 Å². The van der Waals surface area contributed by atoms with E-state index in [-0.39, 0.29) is 29.4 Å². The van der Waals surface area contributed by atoms with Crippen LogP contribution in [0.15, 0.2) is 30.3 Å². The molecule has 0 saturated heterocycles. The lowest BCUT2D eigenvalue weighted by molar-refractivity contribution is -0.144. The molecule has 1 amide bonds. The van der Waals surface area contributed by atoms with Crippen molar-refractivity contribution in [3.8, 4) is 0 Å². The maximum absolute atomic E-state index is 12.9. The Hall–Kier alpha value is -2.05. The number of rotatable bonds is 9. The van der Waals surface area contributed by atoms with Crippen LogP contribution >= 0.6 is 0 Å². The van der Waals surface area contributed by atoms with E-state index in [1.807, 2.05) is 32.0 Å². The molecule has 160 valence electrons. The smallest absolute Gasteiger partial charge is 0.223 e. The van der Waals surface area contributed by atoms with Crippen molar-refractivity contribution < 1.29 is 24.6 Å². The Balaban J connectivity index is 2.07. The molecule has 1 fully saturated rings. The minimum absolute atomic E-state index is 0.0566.